The lowest BCUT2D eigenvalue weighted by Gasteiger charge is -2.18. The van der Waals surface area contributed by atoms with Crippen molar-refractivity contribution < 1.29 is 28.6 Å². The van der Waals surface area contributed by atoms with E-state index in [2.05, 4.69) is 57.2 Å². The van der Waals surface area contributed by atoms with Crippen molar-refractivity contribution in [2.24, 2.45) is 0 Å². The third-order valence-corrected chi connectivity index (χ3v) is 8.51. The number of hydrogen-bond acceptors (Lipinski definition) is 6. The van der Waals surface area contributed by atoms with Gasteiger partial charge in [-0.05, 0) is 77.0 Å². The Morgan fingerprint density at radius 3 is 1.25 bits per heavy atom. The number of esters is 3. The van der Waals surface area contributed by atoms with Crippen LogP contribution in [0.15, 0.2) is 72.9 Å². The van der Waals surface area contributed by atoms with Gasteiger partial charge in [0.05, 0.1) is 0 Å². The maximum Gasteiger partial charge on any atom is 0.306 e. The number of carbonyl (C=O) groups is 3. The van der Waals surface area contributed by atoms with Crippen LogP contribution in [0.1, 0.15) is 181 Å². The lowest BCUT2D eigenvalue weighted by Crippen LogP contribution is -2.30. The first-order valence-corrected chi connectivity index (χ1v) is 21.0. The number of carbonyl (C=O) groups excluding carboxylic acids is 3. The lowest BCUT2D eigenvalue weighted by atomic mass is 10.1. The quantitative estimate of drug-likeness (QED) is 0.0210. The van der Waals surface area contributed by atoms with E-state index in [9.17, 15) is 14.4 Å². The molecule has 0 radical (unpaired) electrons. The summed E-state index contributed by atoms with van der Waals surface area (Å²) in [5, 5.41) is 0. The standard InChI is InChI=1S/C46H76O6/c1-4-7-10-13-16-19-22-23-25-27-30-33-36-39-45(48)51-42-43(41-50-44(47)38-35-32-29-26-21-18-15-12-9-6-3)52-46(49)40-37-34-31-28-24-20-17-14-11-8-5-2/h7,10,13-19,22-23,25,43H,4-6,8-9,11-12,20-21,24,26-42H2,1-3H3/b10-7-,16-13-,17-14-,18-15-,22-19-,25-23-. The van der Waals surface area contributed by atoms with Gasteiger partial charge in [0, 0.05) is 19.3 Å². The molecule has 0 aliphatic heterocycles. The van der Waals surface area contributed by atoms with E-state index in [1.807, 2.05) is 36.5 Å². The van der Waals surface area contributed by atoms with Crippen LogP contribution in [0.25, 0.3) is 0 Å². The zero-order chi connectivity index (χ0) is 38.0. The van der Waals surface area contributed by atoms with Gasteiger partial charge in [0.15, 0.2) is 6.10 Å². The smallest absolute Gasteiger partial charge is 0.306 e. The van der Waals surface area contributed by atoms with Crippen LogP contribution in [0.3, 0.4) is 0 Å². The molecule has 0 fully saturated rings. The number of rotatable bonds is 36. The average molecular weight is 725 g/mol. The highest BCUT2D eigenvalue weighted by Gasteiger charge is 2.19. The summed E-state index contributed by atoms with van der Waals surface area (Å²) >= 11 is 0. The van der Waals surface area contributed by atoms with Gasteiger partial charge in [-0.3, -0.25) is 14.4 Å². The van der Waals surface area contributed by atoms with Gasteiger partial charge in [-0.2, -0.15) is 0 Å². The summed E-state index contributed by atoms with van der Waals surface area (Å²) < 4.78 is 16.6. The fourth-order valence-electron chi connectivity index (χ4n) is 5.29. The molecule has 296 valence electrons. The first-order chi connectivity index (χ1) is 25.5. The summed E-state index contributed by atoms with van der Waals surface area (Å²) in [4.78, 5) is 37.6. The average Bonchev–Trinajstić information content (AvgIpc) is 3.14. The molecule has 0 aliphatic rings. The van der Waals surface area contributed by atoms with Gasteiger partial charge < -0.3 is 14.2 Å². The molecule has 0 aliphatic carbocycles. The van der Waals surface area contributed by atoms with Crippen LogP contribution < -0.4 is 0 Å². The Morgan fingerprint density at radius 2 is 0.769 bits per heavy atom. The van der Waals surface area contributed by atoms with Gasteiger partial charge in [-0.1, -0.05) is 158 Å². The van der Waals surface area contributed by atoms with Crippen LogP contribution in [0, 0.1) is 0 Å². The largest absolute Gasteiger partial charge is 0.462 e. The van der Waals surface area contributed by atoms with Crippen LogP contribution in [0.5, 0.6) is 0 Å². The van der Waals surface area contributed by atoms with Crippen molar-refractivity contribution in [3.8, 4) is 0 Å². The lowest BCUT2D eigenvalue weighted by molar-refractivity contribution is -0.167. The van der Waals surface area contributed by atoms with E-state index in [0.29, 0.717) is 19.3 Å². The molecule has 0 aromatic heterocycles. The second kappa shape index (κ2) is 40.6. The minimum absolute atomic E-state index is 0.0990. The minimum Gasteiger partial charge on any atom is -0.462 e. The first kappa shape index (κ1) is 48.9. The second-order valence-corrected chi connectivity index (χ2v) is 13.6. The monoisotopic (exact) mass is 725 g/mol. The maximum atomic E-state index is 12.6. The molecule has 0 rings (SSSR count). The molecule has 0 heterocycles. The topological polar surface area (TPSA) is 78.9 Å². The highest BCUT2D eigenvalue weighted by atomic mass is 16.6. The molecule has 0 amide bonds. The van der Waals surface area contributed by atoms with Gasteiger partial charge in [0.25, 0.3) is 0 Å². The molecule has 0 saturated heterocycles. The SMILES string of the molecule is CC\C=C/C=C\C=C/C=C\CCCCCC(=O)OCC(COC(=O)CCCCCC/C=C\CCCC)OC(=O)CCCCCCC/C=C\CCCC. The Balaban J connectivity index is 4.49. The molecular weight excluding hydrogens is 648 g/mol. The fourth-order valence-corrected chi connectivity index (χ4v) is 5.29. The van der Waals surface area contributed by atoms with Crippen LogP contribution in [0.2, 0.25) is 0 Å². The van der Waals surface area contributed by atoms with Crippen molar-refractivity contribution in [1.82, 2.24) is 0 Å². The molecule has 0 spiro atoms. The highest BCUT2D eigenvalue weighted by molar-refractivity contribution is 5.71. The Labute approximate surface area is 319 Å². The molecule has 1 unspecified atom stereocenters. The number of unbranched alkanes of at least 4 members (excludes halogenated alkanes) is 16. The summed E-state index contributed by atoms with van der Waals surface area (Å²) in [5.41, 5.74) is 0. The van der Waals surface area contributed by atoms with E-state index in [1.54, 1.807) is 0 Å². The summed E-state index contributed by atoms with van der Waals surface area (Å²) in [6, 6.07) is 0. The molecule has 0 aromatic rings. The maximum absolute atomic E-state index is 12.6. The number of ether oxygens (including phenoxy) is 3. The van der Waals surface area contributed by atoms with E-state index in [4.69, 9.17) is 14.2 Å². The highest BCUT2D eigenvalue weighted by Crippen LogP contribution is 2.12. The zero-order valence-corrected chi connectivity index (χ0v) is 33.5. The van der Waals surface area contributed by atoms with Gasteiger partial charge >= 0.3 is 17.9 Å². The van der Waals surface area contributed by atoms with E-state index < -0.39 is 6.10 Å². The second-order valence-electron chi connectivity index (χ2n) is 13.6. The van der Waals surface area contributed by atoms with Crippen LogP contribution in [-0.4, -0.2) is 37.2 Å². The predicted molar refractivity (Wildman–Crippen MR) is 219 cm³/mol. The minimum atomic E-state index is -0.796. The van der Waals surface area contributed by atoms with Gasteiger partial charge in [-0.25, -0.2) is 0 Å². The van der Waals surface area contributed by atoms with Crippen molar-refractivity contribution in [3.63, 3.8) is 0 Å². The Bertz CT molecular complexity index is 1020. The molecule has 6 nitrogen and oxygen atoms in total. The van der Waals surface area contributed by atoms with E-state index in [1.165, 1.54) is 38.5 Å². The van der Waals surface area contributed by atoms with Gasteiger partial charge in [0.2, 0.25) is 0 Å². The van der Waals surface area contributed by atoms with Crippen molar-refractivity contribution in [1.29, 1.82) is 0 Å². The molecule has 52 heavy (non-hydrogen) atoms. The molecule has 0 aromatic carbocycles. The Hall–Kier alpha value is -3.15. The van der Waals surface area contributed by atoms with E-state index >= 15 is 0 Å². The van der Waals surface area contributed by atoms with Gasteiger partial charge in [0.1, 0.15) is 13.2 Å². The van der Waals surface area contributed by atoms with Crippen molar-refractivity contribution in [2.75, 3.05) is 13.2 Å². The zero-order valence-electron chi connectivity index (χ0n) is 33.5. The molecule has 1 atom stereocenters. The number of hydrogen-bond donors (Lipinski definition) is 0. The first-order valence-electron chi connectivity index (χ1n) is 21.0. The molecule has 0 bridgehead atoms. The summed E-state index contributed by atoms with van der Waals surface area (Å²) in [5.74, 6) is -0.973. The molecule has 0 N–H and O–H groups in total. The normalized spacial score (nSPS) is 12.8. The summed E-state index contributed by atoms with van der Waals surface area (Å²) in [6.07, 6.45) is 48.8. The third-order valence-electron chi connectivity index (χ3n) is 8.51. The van der Waals surface area contributed by atoms with Crippen LogP contribution in [-0.2, 0) is 28.6 Å². The van der Waals surface area contributed by atoms with Crippen molar-refractivity contribution >= 4 is 17.9 Å². The summed E-state index contributed by atoms with van der Waals surface area (Å²) in [7, 11) is 0. The molecular formula is C46H76O6. The molecule has 6 heteroatoms. The van der Waals surface area contributed by atoms with E-state index in [-0.39, 0.29) is 31.1 Å². The van der Waals surface area contributed by atoms with Gasteiger partial charge in [-0.15, -0.1) is 0 Å². The van der Waals surface area contributed by atoms with Crippen LogP contribution in [0.4, 0.5) is 0 Å². The van der Waals surface area contributed by atoms with Crippen molar-refractivity contribution in [2.45, 2.75) is 187 Å². The third kappa shape index (κ3) is 38.1. The molecule has 0 saturated carbocycles. The number of allylic oxidation sites excluding steroid dienone is 12. The van der Waals surface area contributed by atoms with Crippen molar-refractivity contribution in [3.05, 3.63) is 72.9 Å². The Morgan fingerprint density at radius 1 is 0.404 bits per heavy atom. The Kier molecular flexibility index (Phi) is 38.2. The predicted octanol–water partition coefficient (Wildman–Crippen LogP) is 13.1. The summed E-state index contributed by atoms with van der Waals surface area (Å²) in [6.45, 7) is 6.32. The fraction of sp³-hybridized carbons (Fsp3) is 0.674. The van der Waals surface area contributed by atoms with Crippen LogP contribution >= 0.6 is 0 Å². The van der Waals surface area contributed by atoms with E-state index in [0.717, 1.165) is 103 Å².